The highest BCUT2D eigenvalue weighted by molar-refractivity contribution is 7.98. The van der Waals surface area contributed by atoms with Crippen molar-refractivity contribution in [2.45, 2.75) is 30.3 Å². The summed E-state index contributed by atoms with van der Waals surface area (Å²) in [6.45, 7) is 1.98. The molecule has 0 aliphatic carbocycles. The number of thioether (sulfide) groups is 1. The molecular weight excluding hydrogens is 601 g/mol. The fourth-order valence-corrected chi connectivity index (χ4v) is 5.73. The second-order valence-electron chi connectivity index (χ2n) is 9.93. The third-order valence-electron chi connectivity index (χ3n) is 6.91. The molecule has 5 rings (SSSR count). The van der Waals surface area contributed by atoms with Crippen LogP contribution in [-0.4, -0.2) is 35.0 Å². The van der Waals surface area contributed by atoms with Crippen LogP contribution in [0, 0.1) is 12.7 Å². The van der Waals surface area contributed by atoms with Gasteiger partial charge in [0.05, 0.1) is 31.6 Å². The Morgan fingerprint density at radius 1 is 0.955 bits per heavy atom. The van der Waals surface area contributed by atoms with E-state index in [4.69, 9.17) is 21.1 Å². The first-order chi connectivity index (χ1) is 21.3. The second-order valence-corrected chi connectivity index (χ2v) is 11.3. The smallest absolute Gasteiger partial charge is 0.319 e. The Morgan fingerprint density at radius 3 is 2.45 bits per heavy atom. The predicted octanol–water partition coefficient (Wildman–Crippen LogP) is 7.78. The first-order valence-electron chi connectivity index (χ1n) is 13.8. The highest BCUT2D eigenvalue weighted by Gasteiger charge is 2.26. The van der Waals surface area contributed by atoms with Crippen LogP contribution in [0.1, 0.15) is 28.6 Å². The number of carbonyl (C=O) groups excluding carboxylic acids is 1. The Hall–Kier alpha value is -4.54. The van der Waals surface area contributed by atoms with Gasteiger partial charge in [-0.25, -0.2) is 9.18 Å². The number of hydrogen-bond donors (Lipinski definition) is 2. The molecule has 5 aromatic rings. The van der Waals surface area contributed by atoms with Crippen molar-refractivity contribution >= 4 is 35.1 Å². The Balaban J connectivity index is 1.52. The maximum atomic E-state index is 13.5. The van der Waals surface area contributed by atoms with Gasteiger partial charge in [-0.05, 0) is 60.0 Å². The van der Waals surface area contributed by atoms with Crippen molar-refractivity contribution < 1.29 is 18.7 Å². The highest BCUT2D eigenvalue weighted by atomic mass is 35.5. The lowest BCUT2D eigenvalue weighted by Crippen LogP contribution is -2.35. The number of amides is 2. The van der Waals surface area contributed by atoms with Crippen LogP contribution in [0.15, 0.2) is 96.2 Å². The molecule has 4 aromatic carbocycles. The number of urea groups is 1. The molecule has 0 spiro atoms. The summed E-state index contributed by atoms with van der Waals surface area (Å²) < 4.78 is 26.2. The standard InChI is InChI=1S/C33H31ClFN5O3S/c1-21-9-12-24(34)18-29(21)40-31(38-39-33(40)44-20-23-10-13-25(35)14-11-23)28(17-22-7-5-4-6-8-22)37-32(41)36-27-16-15-26(42-2)19-30(27)43-3/h4-16,18-19,28H,17,20H2,1-3H3,(H2,36,37,41). The normalized spacial score (nSPS) is 11.6. The van der Waals surface area contributed by atoms with Gasteiger partial charge in [0.2, 0.25) is 0 Å². The minimum absolute atomic E-state index is 0.292. The summed E-state index contributed by atoms with van der Waals surface area (Å²) >= 11 is 7.92. The summed E-state index contributed by atoms with van der Waals surface area (Å²) in [5, 5.41) is 16.3. The zero-order chi connectivity index (χ0) is 31.1. The highest BCUT2D eigenvalue weighted by Crippen LogP contribution is 2.32. The molecule has 226 valence electrons. The Morgan fingerprint density at radius 2 is 1.73 bits per heavy atom. The molecule has 1 aromatic heterocycles. The number of ether oxygens (including phenoxy) is 2. The predicted molar refractivity (Wildman–Crippen MR) is 172 cm³/mol. The van der Waals surface area contributed by atoms with Crippen molar-refractivity contribution in [1.82, 2.24) is 20.1 Å². The molecule has 0 bridgehead atoms. The van der Waals surface area contributed by atoms with Gasteiger partial charge in [0.1, 0.15) is 17.3 Å². The molecule has 1 atom stereocenters. The number of anilines is 1. The monoisotopic (exact) mass is 631 g/mol. The second kappa shape index (κ2) is 14.3. The molecule has 8 nitrogen and oxygen atoms in total. The summed E-state index contributed by atoms with van der Waals surface area (Å²) in [5.74, 6) is 1.82. The molecule has 1 unspecified atom stereocenters. The van der Waals surface area contributed by atoms with Crippen LogP contribution < -0.4 is 20.1 Å². The summed E-state index contributed by atoms with van der Waals surface area (Å²) in [4.78, 5) is 13.5. The van der Waals surface area contributed by atoms with Gasteiger partial charge < -0.3 is 20.1 Å². The van der Waals surface area contributed by atoms with E-state index in [9.17, 15) is 9.18 Å². The molecule has 1 heterocycles. The van der Waals surface area contributed by atoms with Crippen LogP contribution in [0.3, 0.4) is 0 Å². The number of nitrogens with one attached hydrogen (secondary N) is 2. The Labute approximate surface area is 264 Å². The van der Waals surface area contributed by atoms with Gasteiger partial charge >= 0.3 is 6.03 Å². The van der Waals surface area contributed by atoms with Crippen LogP contribution in [0.5, 0.6) is 11.5 Å². The van der Waals surface area contributed by atoms with E-state index >= 15 is 0 Å². The minimum atomic E-state index is -0.590. The van der Waals surface area contributed by atoms with E-state index < -0.39 is 12.1 Å². The molecule has 0 saturated heterocycles. The number of halogens is 2. The fraction of sp³-hybridized carbons (Fsp3) is 0.182. The van der Waals surface area contributed by atoms with Crippen molar-refractivity contribution in [2.24, 2.45) is 0 Å². The largest absolute Gasteiger partial charge is 0.497 e. The number of methoxy groups -OCH3 is 2. The van der Waals surface area contributed by atoms with E-state index in [1.54, 1.807) is 37.4 Å². The molecule has 2 N–H and O–H groups in total. The SMILES string of the molecule is COc1ccc(NC(=O)NC(Cc2ccccc2)c2nnc(SCc3ccc(F)cc3)n2-c2cc(Cl)ccc2C)c(OC)c1. The molecule has 0 saturated carbocycles. The summed E-state index contributed by atoms with van der Waals surface area (Å²) in [6.07, 6.45) is 0.439. The minimum Gasteiger partial charge on any atom is -0.497 e. The number of rotatable bonds is 11. The van der Waals surface area contributed by atoms with Crippen LogP contribution >= 0.6 is 23.4 Å². The average molecular weight is 632 g/mol. The van der Waals surface area contributed by atoms with Gasteiger partial charge in [-0.3, -0.25) is 4.57 Å². The van der Waals surface area contributed by atoms with Crippen molar-refractivity contribution in [3.05, 3.63) is 124 Å². The van der Waals surface area contributed by atoms with E-state index in [1.165, 1.54) is 31.0 Å². The zero-order valence-corrected chi connectivity index (χ0v) is 26.0. The lowest BCUT2D eigenvalue weighted by molar-refractivity contribution is 0.247. The number of nitrogens with zero attached hydrogens (tertiary/aromatic N) is 3. The quantitative estimate of drug-likeness (QED) is 0.145. The van der Waals surface area contributed by atoms with E-state index in [0.717, 1.165) is 22.4 Å². The van der Waals surface area contributed by atoms with Crippen molar-refractivity contribution in [3.8, 4) is 17.2 Å². The van der Waals surface area contributed by atoms with Gasteiger partial charge in [-0.2, -0.15) is 0 Å². The van der Waals surface area contributed by atoms with Crippen LogP contribution in [0.25, 0.3) is 5.69 Å². The van der Waals surface area contributed by atoms with Crippen molar-refractivity contribution in [2.75, 3.05) is 19.5 Å². The molecule has 0 aliphatic rings. The van der Waals surface area contributed by atoms with E-state index in [-0.39, 0.29) is 5.82 Å². The summed E-state index contributed by atoms with van der Waals surface area (Å²) in [6, 6.07) is 25.9. The molecule has 2 amide bonds. The maximum Gasteiger partial charge on any atom is 0.319 e. The van der Waals surface area contributed by atoms with Crippen LogP contribution in [0.4, 0.5) is 14.9 Å². The first-order valence-corrected chi connectivity index (χ1v) is 15.1. The average Bonchev–Trinajstić information content (AvgIpc) is 3.46. The maximum absolute atomic E-state index is 13.5. The lowest BCUT2D eigenvalue weighted by atomic mass is 10.0. The van der Waals surface area contributed by atoms with Gasteiger partial charge in [-0.15, -0.1) is 10.2 Å². The van der Waals surface area contributed by atoms with Gasteiger partial charge in [0.25, 0.3) is 0 Å². The summed E-state index contributed by atoms with van der Waals surface area (Å²) in [7, 11) is 3.09. The van der Waals surface area contributed by atoms with Crippen LogP contribution in [0.2, 0.25) is 5.02 Å². The Bertz CT molecular complexity index is 1730. The summed E-state index contributed by atoms with van der Waals surface area (Å²) in [5.41, 5.74) is 4.15. The Kier molecular flexibility index (Phi) is 10.0. The first kappa shape index (κ1) is 30.9. The third kappa shape index (κ3) is 7.50. The van der Waals surface area contributed by atoms with E-state index in [0.29, 0.717) is 45.4 Å². The van der Waals surface area contributed by atoms with Crippen molar-refractivity contribution in [1.29, 1.82) is 0 Å². The van der Waals surface area contributed by atoms with E-state index in [1.807, 2.05) is 60.0 Å². The van der Waals surface area contributed by atoms with Gasteiger partial charge in [0.15, 0.2) is 11.0 Å². The third-order valence-corrected chi connectivity index (χ3v) is 8.14. The number of carbonyl (C=O) groups is 1. The number of aromatic nitrogens is 3. The lowest BCUT2D eigenvalue weighted by Gasteiger charge is -2.22. The molecule has 0 radical (unpaired) electrons. The van der Waals surface area contributed by atoms with E-state index in [2.05, 4.69) is 20.8 Å². The van der Waals surface area contributed by atoms with Gasteiger partial charge in [0, 0.05) is 23.3 Å². The molecule has 11 heteroatoms. The topological polar surface area (TPSA) is 90.3 Å². The molecule has 0 aliphatic heterocycles. The molecular formula is C33H31ClFN5O3S. The fourth-order valence-electron chi connectivity index (χ4n) is 4.65. The molecule has 0 fully saturated rings. The zero-order valence-electron chi connectivity index (χ0n) is 24.4. The number of hydrogen-bond acceptors (Lipinski definition) is 6. The van der Waals surface area contributed by atoms with Crippen molar-refractivity contribution in [3.63, 3.8) is 0 Å². The van der Waals surface area contributed by atoms with Crippen LogP contribution in [-0.2, 0) is 12.2 Å². The number of aryl methyl sites for hydroxylation is 1. The molecule has 44 heavy (non-hydrogen) atoms. The number of benzene rings is 4. The van der Waals surface area contributed by atoms with Gasteiger partial charge in [-0.1, -0.05) is 71.9 Å².